The largest absolute Gasteiger partial charge is 0.478 e. The van der Waals surface area contributed by atoms with Gasteiger partial charge >= 0.3 is 5.97 Å². The Balaban J connectivity index is 2.19. The minimum absolute atomic E-state index is 0.0373. The number of aromatic carboxylic acids is 1. The van der Waals surface area contributed by atoms with Crippen LogP contribution >= 0.6 is 22.9 Å². The maximum atomic E-state index is 11.8. The van der Waals surface area contributed by atoms with Crippen LogP contribution in [-0.2, 0) is 0 Å². The summed E-state index contributed by atoms with van der Waals surface area (Å²) in [5, 5.41) is 13.3. The molecule has 18 heavy (non-hydrogen) atoms. The summed E-state index contributed by atoms with van der Waals surface area (Å²) in [4.78, 5) is 30.1. The average molecular weight is 284 g/mol. The summed E-state index contributed by atoms with van der Waals surface area (Å²) in [6, 6.07) is 1.41. The van der Waals surface area contributed by atoms with Crippen LogP contribution in [0.4, 0.5) is 5.00 Å². The second-order valence-corrected chi connectivity index (χ2v) is 4.45. The van der Waals surface area contributed by atoms with Crippen molar-refractivity contribution in [3.63, 3.8) is 0 Å². The molecule has 2 aromatic heterocycles. The summed E-state index contributed by atoms with van der Waals surface area (Å²) in [5.41, 5.74) is 0.0967. The zero-order valence-electron chi connectivity index (χ0n) is 8.75. The Hall–Kier alpha value is -1.99. The Kier molecular flexibility index (Phi) is 3.54. The van der Waals surface area contributed by atoms with Gasteiger partial charge in [0, 0.05) is 0 Å². The number of thiophene rings is 1. The van der Waals surface area contributed by atoms with Gasteiger partial charge < -0.3 is 10.4 Å². The van der Waals surface area contributed by atoms with E-state index >= 15 is 0 Å². The number of aromatic nitrogens is 2. The highest BCUT2D eigenvalue weighted by molar-refractivity contribution is 7.14. The number of nitrogens with zero attached hydrogens (tertiary/aromatic N) is 2. The van der Waals surface area contributed by atoms with E-state index in [1.165, 1.54) is 18.5 Å². The summed E-state index contributed by atoms with van der Waals surface area (Å²) >= 11 is 6.66. The quantitative estimate of drug-likeness (QED) is 0.900. The molecule has 2 rings (SSSR count). The fraction of sp³-hybridized carbons (Fsp3) is 0. The summed E-state index contributed by atoms with van der Waals surface area (Å²) in [6.07, 6.45) is 2.45. The molecule has 2 aromatic rings. The number of halogens is 1. The number of carbonyl (C=O) groups excluding carboxylic acids is 1. The van der Waals surface area contributed by atoms with E-state index in [1.807, 2.05) is 0 Å². The number of rotatable bonds is 3. The highest BCUT2D eigenvalue weighted by Crippen LogP contribution is 2.23. The van der Waals surface area contributed by atoms with Crippen LogP contribution in [0, 0.1) is 0 Å². The molecular formula is C10H6ClN3O3S. The second-order valence-electron chi connectivity index (χ2n) is 3.15. The summed E-state index contributed by atoms with van der Waals surface area (Å²) in [5.74, 6) is -1.64. The van der Waals surface area contributed by atoms with Gasteiger partial charge in [-0.15, -0.1) is 11.3 Å². The standard InChI is InChI=1S/C10H6ClN3O3S/c11-7-4-12-6(3-13-7)8(15)14-9-5(10(16)17)1-2-18-9/h1-4H,(H,14,15)(H,16,17). The summed E-state index contributed by atoms with van der Waals surface area (Å²) < 4.78 is 0. The molecule has 0 saturated carbocycles. The van der Waals surface area contributed by atoms with Crippen LogP contribution in [-0.4, -0.2) is 27.0 Å². The first-order chi connectivity index (χ1) is 8.58. The predicted molar refractivity (Wildman–Crippen MR) is 66.3 cm³/mol. The monoisotopic (exact) mass is 283 g/mol. The van der Waals surface area contributed by atoms with Gasteiger partial charge in [0.05, 0.1) is 18.0 Å². The van der Waals surface area contributed by atoms with Crippen LogP contribution in [0.2, 0.25) is 5.15 Å². The Bertz CT molecular complexity index is 597. The first kappa shape index (κ1) is 12.5. The molecule has 0 bridgehead atoms. The zero-order chi connectivity index (χ0) is 13.1. The van der Waals surface area contributed by atoms with Crippen LogP contribution < -0.4 is 5.32 Å². The molecule has 8 heteroatoms. The topological polar surface area (TPSA) is 92.2 Å². The average Bonchev–Trinajstić information content (AvgIpc) is 2.78. The normalized spacial score (nSPS) is 10.1. The van der Waals surface area contributed by atoms with Crippen molar-refractivity contribution in [3.8, 4) is 0 Å². The molecule has 2 heterocycles. The molecular weight excluding hydrogens is 278 g/mol. The fourth-order valence-electron chi connectivity index (χ4n) is 1.17. The lowest BCUT2D eigenvalue weighted by atomic mass is 10.3. The van der Waals surface area contributed by atoms with Gasteiger partial charge in [0.25, 0.3) is 5.91 Å². The Morgan fingerprint density at radius 2 is 2.11 bits per heavy atom. The van der Waals surface area contributed by atoms with Gasteiger partial charge in [-0.2, -0.15) is 0 Å². The Labute approximate surface area is 110 Å². The number of hydrogen-bond acceptors (Lipinski definition) is 5. The van der Waals surface area contributed by atoms with E-state index in [1.54, 1.807) is 5.38 Å². The molecule has 0 aromatic carbocycles. The molecule has 6 nitrogen and oxygen atoms in total. The van der Waals surface area contributed by atoms with E-state index < -0.39 is 11.9 Å². The highest BCUT2D eigenvalue weighted by atomic mass is 35.5. The lowest BCUT2D eigenvalue weighted by Crippen LogP contribution is -2.14. The third-order valence-electron chi connectivity index (χ3n) is 1.98. The van der Waals surface area contributed by atoms with Crippen molar-refractivity contribution in [2.45, 2.75) is 0 Å². The van der Waals surface area contributed by atoms with E-state index in [9.17, 15) is 9.59 Å². The van der Waals surface area contributed by atoms with Crippen molar-refractivity contribution < 1.29 is 14.7 Å². The SMILES string of the molecule is O=C(Nc1sccc1C(=O)O)c1cnc(Cl)cn1. The number of anilines is 1. The van der Waals surface area contributed by atoms with Gasteiger partial charge in [-0.3, -0.25) is 4.79 Å². The number of carbonyl (C=O) groups is 2. The highest BCUT2D eigenvalue weighted by Gasteiger charge is 2.15. The van der Waals surface area contributed by atoms with Crippen molar-refractivity contribution in [1.82, 2.24) is 9.97 Å². The van der Waals surface area contributed by atoms with Gasteiger partial charge in [-0.05, 0) is 11.4 Å². The smallest absolute Gasteiger partial charge is 0.338 e. The van der Waals surface area contributed by atoms with Crippen molar-refractivity contribution in [3.05, 3.63) is 40.3 Å². The fourth-order valence-corrected chi connectivity index (χ4v) is 2.04. The van der Waals surface area contributed by atoms with Crippen molar-refractivity contribution in [2.24, 2.45) is 0 Å². The van der Waals surface area contributed by atoms with E-state index in [0.717, 1.165) is 11.3 Å². The van der Waals surface area contributed by atoms with E-state index in [0.29, 0.717) is 0 Å². The molecule has 0 unspecified atom stereocenters. The molecule has 0 atom stereocenters. The molecule has 0 saturated heterocycles. The number of amides is 1. The molecule has 0 fully saturated rings. The first-order valence-corrected chi connectivity index (χ1v) is 5.93. The van der Waals surface area contributed by atoms with Crippen LogP contribution in [0.25, 0.3) is 0 Å². The van der Waals surface area contributed by atoms with Gasteiger partial charge in [0.15, 0.2) is 0 Å². The lowest BCUT2D eigenvalue weighted by molar-refractivity contribution is 0.0698. The lowest BCUT2D eigenvalue weighted by Gasteiger charge is -2.03. The van der Waals surface area contributed by atoms with Gasteiger partial charge in [0.2, 0.25) is 0 Å². The second kappa shape index (κ2) is 5.11. The number of hydrogen-bond donors (Lipinski definition) is 2. The van der Waals surface area contributed by atoms with E-state index in [2.05, 4.69) is 15.3 Å². The summed E-state index contributed by atoms with van der Waals surface area (Å²) in [7, 11) is 0. The predicted octanol–water partition coefficient (Wildman–Crippen LogP) is 2.14. The Morgan fingerprint density at radius 3 is 2.72 bits per heavy atom. The van der Waals surface area contributed by atoms with Crippen LogP contribution in [0.5, 0.6) is 0 Å². The summed E-state index contributed by atoms with van der Waals surface area (Å²) in [6.45, 7) is 0. The third-order valence-corrected chi connectivity index (χ3v) is 3.00. The molecule has 2 N–H and O–H groups in total. The molecule has 0 spiro atoms. The Morgan fingerprint density at radius 1 is 1.33 bits per heavy atom. The van der Waals surface area contributed by atoms with Crippen molar-refractivity contribution >= 4 is 39.8 Å². The molecule has 0 aliphatic rings. The van der Waals surface area contributed by atoms with Gasteiger partial charge in [0.1, 0.15) is 15.8 Å². The van der Waals surface area contributed by atoms with Crippen LogP contribution in [0.3, 0.4) is 0 Å². The maximum Gasteiger partial charge on any atom is 0.338 e. The van der Waals surface area contributed by atoms with Crippen LogP contribution in [0.1, 0.15) is 20.8 Å². The van der Waals surface area contributed by atoms with E-state index in [-0.39, 0.29) is 21.4 Å². The van der Waals surface area contributed by atoms with Crippen molar-refractivity contribution in [1.29, 1.82) is 0 Å². The number of nitrogens with one attached hydrogen (secondary N) is 1. The molecule has 1 amide bonds. The molecule has 0 aliphatic carbocycles. The molecule has 0 aliphatic heterocycles. The van der Waals surface area contributed by atoms with Gasteiger partial charge in [-0.1, -0.05) is 11.6 Å². The van der Waals surface area contributed by atoms with Gasteiger partial charge in [-0.25, -0.2) is 14.8 Å². The first-order valence-electron chi connectivity index (χ1n) is 4.67. The zero-order valence-corrected chi connectivity index (χ0v) is 10.3. The van der Waals surface area contributed by atoms with E-state index in [4.69, 9.17) is 16.7 Å². The van der Waals surface area contributed by atoms with Crippen molar-refractivity contribution in [2.75, 3.05) is 5.32 Å². The van der Waals surface area contributed by atoms with Crippen LogP contribution in [0.15, 0.2) is 23.8 Å². The minimum atomic E-state index is -1.10. The maximum absolute atomic E-state index is 11.8. The number of carboxylic acid groups (broad SMARTS) is 1. The molecule has 92 valence electrons. The number of carboxylic acids is 1. The molecule has 0 radical (unpaired) electrons. The minimum Gasteiger partial charge on any atom is -0.478 e. The third kappa shape index (κ3) is 2.63.